The molecule has 0 radical (unpaired) electrons. The standard InChI is InChI=1S/C23H17ClO/c1-25-11-10-20-15-22(24)8-9-23(20)19-7-6-18-12-16-4-2-3-5-17(16)13-21(18)14-19/h2-15H,1H3. The van der Waals surface area contributed by atoms with Gasteiger partial charge in [0, 0.05) is 5.02 Å². The van der Waals surface area contributed by atoms with E-state index in [1.807, 2.05) is 18.2 Å². The van der Waals surface area contributed by atoms with Crippen LogP contribution in [0.15, 0.2) is 79.1 Å². The molecule has 0 atom stereocenters. The molecule has 2 heteroatoms. The van der Waals surface area contributed by atoms with Crippen LogP contribution < -0.4 is 0 Å². The van der Waals surface area contributed by atoms with E-state index in [0.29, 0.717) is 5.02 Å². The van der Waals surface area contributed by atoms with Gasteiger partial charge in [-0.25, -0.2) is 0 Å². The summed E-state index contributed by atoms with van der Waals surface area (Å²) in [6.45, 7) is 0. The van der Waals surface area contributed by atoms with Crippen molar-refractivity contribution in [2.75, 3.05) is 7.11 Å². The number of benzene rings is 4. The summed E-state index contributed by atoms with van der Waals surface area (Å²) in [4.78, 5) is 0. The van der Waals surface area contributed by atoms with Crippen molar-refractivity contribution in [2.24, 2.45) is 0 Å². The van der Waals surface area contributed by atoms with Crippen molar-refractivity contribution in [2.45, 2.75) is 0 Å². The molecule has 0 saturated carbocycles. The molecule has 0 amide bonds. The Labute approximate surface area is 152 Å². The minimum atomic E-state index is 0.714. The Morgan fingerprint density at radius 1 is 0.760 bits per heavy atom. The summed E-state index contributed by atoms with van der Waals surface area (Å²) in [5, 5.41) is 5.70. The summed E-state index contributed by atoms with van der Waals surface area (Å²) in [5.41, 5.74) is 3.33. The first-order chi connectivity index (χ1) is 12.2. The van der Waals surface area contributed by atoms with Crippen LogP contribution in [-0.4, -0.2) is 7.11 Å². The summed E-state index contributed by atoms with van der Waals surface area (Å²) in [6, 6.07) is 25.4. The minimum absolute atomic E-state index is 0.714. The fraction of sp³-hybridized carbons (Fsp3) is 0.0435. The second-order valence-corrected chi connectivity index (χ2v) is 6.47. The normalized spacial score (nSPS) is 11.4. The topological polar surface area (TPSA) is 9.23 Å². The summed E-state index contributed by atoms with van der Waals surface area (Å²) < 4.78 is 5.07. The van der Waals surface area contributed by atoms with E-state index in [4.69, 9.17) is 16.3 Å². The van der Waals surface area contributed by atoms with Crippen LogP contribution in [0.25, 0.3) is 38.7 Å². The molecule has 0 heterocycles. The first-order valence-corrected chi connectivity index (χ1v) is 8.54. The highest BCUT2D eigenvalue weighted by atomic mass is 35.5. The van der Waals surface area contributed by atoms with Crippen LogP contribution in [0.5, 0.6) is 0 Å². The average Bonchev–Trinajstić information content (AvgIpc) is 2.64. The molecule has 4 aromatic carbocycles. The van der Waals surface area contributed by atoms with Crippen molar-refractivity contribution in [3.63, 3.8) is 0 Å². The average molecular weight is 345 g/mol. The van der Waals surface area contributed by atoms with E-state index >= 15 is 0 Å². The number of methoxy groups -OCH3 is 1. The quantitative estimate of drug-likeness (QED) is 0.289. The zero-order valence-electron chi connectivity index (χ0n) is 13.9. The molecule has 0 aliphatic rings. The van der Waals surface area contributed by atoms with Crippen molar-refractivity contribution in [1.29, 1.82) is 0 Å². The van der Waals surface area contributed by atoms with Crippen molar-refractivity contribution in [3.05, 3.63) is 89.6 Å². The van der Waals surface area contributed by atoms with Crippen LogP contribution >= 0.6 is 11.6 Å². The van der Waals surface area contributed by atoms with E-state index in [9.17, 15) is 0 Å². The molecular formula is C23H17ClO. The summed E-state index contributed by atoms with van der Waals surface area (Å²) in [7, 11) is 1.64. The van der Waals surface area contributed by atoms with Crippen LogP contribution in [0.3, 0.4) is 0 Å². The molecule has 4 aromatic rings. The fourth-order valence-corrected chi connectivity index (χ4v) is 3.36. The lowest BCUT2D eigenvalue weighted by Gasteiger charge is -2.10. The van der Waals surface area contributed by atoms with Gasteiger partial charge in [-0.3, -0.25) is 0 Å². The molecule has 4 rings (SSSR count). The van der Waals surface area contributed by atoms with Gasteiger partial charge in [0.25, 0.3) is 0 Å². The lowest BCUT2D eigenvalue weighted by atomic mass is 9.96. The van der Waals surface area contributed by atoms with Gasteiger partial charge in [0.2, 0.25) is 0 Å². The highest BCUT2D eigenvalue weighted by molar-refractivity contribution is 6.30. The fourth-order valence-electron chi connectivity index (χ4n) is 3.18. The number of hydrogen-bond donors (Lipinski definition) is 0. The largest absolute Gasteiger partial charge is 0.504 e. The maximum absolute atomic E-state index is 6.17. The second-order valence-electron chi connectivity index (χ2n) is 6.03. The predicted molar refractivity (Wildman–Crippen MR) is 108 cm³/mol. The van der Waals surface area contributed by atoms with Gasteiger partial charge in [-0.15, -0.1) is 0 Å². The van der Waals surface area contributed by atoms with Gasteiger partial charge >= 0.3 is 0 Å². The Morgan fingerprint density at radius 2 is 1.48 bits per heavy atom. The lowest BCUT2D eigenvalue weighted by molar-refractivity contribution is 0.341. The molecule has 0 saturated heterocycles. The Kier molecular flexibility index (Phi) is 4.17. The SMILES string of the molecule is COC=Cc1cc(Cl)ccc1-c1ccc2cc3ccccc3cc2c1. The van der Waals surface area contributed by atoms with Gasteiger partial charge in [0.1, 0.15) is 0 Å². The van der Waals surface area contributed by atoms with Gasteiger partial charge in [-0.05, 0) is 74.6 Å². The summed E-state index contributed by atoms with van der Waals surface area (Å²) >= 11 is 6.17. The molecule has 0 bridgehead atoms. The van der Waals surface area contributed by atoms with Crippen LogP contribution in [0.1, 0.15) is 5.56 Å². The molecule has 25 heavy (non-hydrogen) atoms. The van der Waals surface area contributed by atoms with E-state index in [0.717, 1.165) is 16.7 Å². The maximum Gasteiger partial charge on any atom is 0.0830 e. The maximum atomic E-state index is 6.17. The highest BCUT2D eigenvalue weighted by Crippen LogP contribution is 2.31. The smallest absolute Gasteiger partial charge is 0.0830 e. The molecular weight excluding hydrogens is 328 g/mol. The van der Waals surface area contributed by atoms with E-state index in [2.05, 4.69) is 60.7 Å². The van der Waals surface area contributed by atoms with Crippen molar-refractivity contribution >= 4 is 39.2 Å². The molecule has 0 unspecified atom stereocenters. The molecule has 0 fully saturated rings. The van der Waals surface area contributed by atoms with E-state index in [1.54, 1.807) is 13.4 Å². The molecule has 0 aliphatic heterocycles. The lowest BCUT2D eigenvalue weighted by Crippen LogP contribution is -1.85. The number of ether oxygens (including phenoxy) is 1. The molecule has 1 nitrogen and oxygen atoms in total. The van der Waals surface area contributed by atoms with Crippen LogP contribution in [0.4, 0.5) is 0 Å². The number of hydrogen-bond acceptors (Lipinski definition) is 1. The van der Waals surface area contributed by atoms with Crippen molar-refractivity contribution < 1.29 is 4.74 Å². The van der Waals surface area contributed by atoms with Gasteiger partial charge < -0.3 is 4.74 Å². The van der Waals surface area contributed by atoms with E-state index in [1.165, 1.54) is 21.5 Å². The second kappa shape index (κ2) is 6.62. The third-order valence-electron chi connectivity index (χ3n) is 4.41. The Hall–Kier alpha value is -2.77. The number of fused-ring (bicyclic) bond motifs is 2. The molecule has 0 N–H and O–H groups in total. The number of halogens is 1. The van der Waals surface area contributed by atoms with Gasteiger partial charge in [-0.2, -0.15) is 0 Å². The van der Waals surface area contributed by atoms with Crippen molar-refractivity contribution in [3.8, 4) is 11.1 Å². The van der Waals surface area contributed by atoms with Crippen LogP contribution in [0.2, 0.25) is 5.02 Å². The zero-order valence-corrected chi connectivity index (χ0v) is 14.6. The third kappa shape index (κ3) is 3.11. The molecule has 0 aliphatic carbocycles. The van der Waals surface area contributed by atoms with Crippen molar-refractivity contribution in [1.82, 2.24) is 0 Å². The Bertz CT molecular complexity index is 1100. The summed E-state index contributed by atoms with van der Waals surface area (Å²) in [5.74, 6) is 0. The highest BCUT2D eigenvalue weighted by Gasteiger charge is 2.06. The van der Waals surface area contributed by atoms with Gasteiger partial charge in [-0.1, -0.05) is 54.1 Å². The number of rotatable bonds is 3. The zero-order chi connectivity index (χ0) is 17.2. The van der Waals surface area contributed by atoms with Gasteiger partial charge in [0.15, 0.2) is 0 Å². The van der Waals surface area contributed by atoms with Gasteiger partial charge in [0.05, 0.1) is 13.4 Å². The first kappa shape index (κ1) is 15.7. The summed E-state index contributed by atoms with van der Waals surface area (Å²) in [6.07, 6.45) is 3.61. The Balaban J connectivity index is 1.89. The predicted octanol–water partition coefficient (Wildman–Crippen LogP) is 6.93. The van der Waals surface area contributed by atoms with E-state index in [-0.39, 0.29) is 0 Å². The minimum Gasteiger partial charge on any atom is -0.504 e. The monoisotopic (exact) mass is 344 g/mol. The van der Waals surface area contributed by atoms with Crippen LogP contribution in [0, 0.1) is 0 Å². The third-order valence-corrected chi connectivity index (χ3v) is 4.65. The van der Waals surface area contributed by atoms with Crippen LogP contribution in [-0.2, 0) is 4.74 Å². The van der Waals surface area contributed by atoms with E-state index < -0.39 is 0 Å². The molecule has 0 spiro atoms. The molecule has 0 aromatic heterocycles. The Morgan fingerprint density at radius 3 is 2.24 bits per heavy atom. The molecule has 122 valence electrons. The first-order valence-electron chi connectivity index (χ1n) is 8.16.